The van der Waals surface area contributed by atoms with Crippen molar-refractivity contribution >= 4 is 5.91 Å². The monoisotopic (exact) mass is 378 g/mol. The van der Waals surface area contributed by atoms with E-state index in [4.69, 9.17) is 9.47 Å². The molecule has 5 heteroatoms. The molecule has 2 aromatic rings. The number of benzene rings is 2. The fourth-order valence-electron chi connectivity index (χ4n) is 4.97. The fraction of sp³-hybridized carbons (Fsp3) is 0.435. The molecule has 0 aliphatic carbocycles. The lowest BCUT2D eigenvalue weighted by molar-refractivity contribution is 0.0848. The van der Waals surface area contributed by atoms with Gasteiger partial charge in [0, 0.05) is 30.2 Å². The second kappa shape index (κ2) is 7.47. The van der Waals surface area contributed by atoms with Crippen molar-refractivity contribution in [3.8, 4) is 11.5 Å². The summed E-state index contributed by atoms with van der Waals surface area (Å²) in [7, 11) is 0. The molecule has 0 saturated carbocycles. The van der Waals surface area contributed by atoms with Crippen LogP contribution in [-0.4, -0.2) is 42.3 Å². The Morgan fingerprint density at radius 3 is 2.54 bits per heavy atom. The Bertz CT molecular complexity index is 840. The van der Waals surface area contributed by atoms with Gasteiger partial charge in [-0.2, -0.15) is 0 Å². The Morgan fingerprint density at radius 1 is 1.00 bits per heavy atom. The van der Waals surface area contributed by atoms with E-state index in [1.165, 1.54) is 18.4 Å². The summed E-state index contributed by atoms with van der Waals surface area (Å²) in [6, 6.07) is 17.5. The second-order valence-corrected chi connectivity index (χ2v) is 8.07. The van der Waals surface area contributed by atoms with Crippen LogP contribution in [0.2, 0.25) is 0 Å². The first-order chi connectivity index (χ1) is 13.8. The number of rotatable bonds is 5. The average Bonchev–Trinajstić information content (AvgIpc) is 3.28. The van der Waals surface area contributed by atoms with E-state index < -0.39 is 0 Å². The molecule has 2 unspecified atom stereocenters. The van der Waals surface area contributed by atoms with Crippen molar-refractivity contribution in [2.75, 3.05) is 13.3 Å². The van der Waals surface area contributed by atoms with Crippen molar-refractivity contribution in [2.45, 2.75) is 50.2 Å². The highest BCUT2D eigenvalue weighted by molar-refractivity contribution is 5.95. The maximum atomic E-state index is 12.7. The Labute approximate surface area is 165 Å². The van der Waals surface area contributed by atoms with Crippen LogP contribution in [0.15, 0.2) is 48.5 Å². The van der Waals surface area contributed by atoms with Crippen molar-refractivity contribution in [1.29, 1.82) is 0 Å². The smallest absolute Gasteiger partial charge is 0.251 e. The normalized spacial score (nSPS) is 25.6. The standard InChI is InChI=1S/C23H26N2O3/c26-23(17-6-9-21-22(12-17)28-15-27-21)24-18-13-19-7-8-20(14-18)25(19)11-10-16-4-2-1-3-5-16/h1-6,9,12,18-20H,7-8,10-11,13-15H2,(H,24,26). The highest BCUT2D eigenvalue weighted by Gasteiger charge is 2.40. The van der Waals surface area contributed by atoms with Gasteiger partial charge in [-0.25, -0.2) is 0 Å². The van der Waals surface area contributed by atoms with Gasteiger partial charge in [0.05, 0.1) is 0 Å². The molecule has 2 fully saturated rings. The Kier molecular flexibility index (Phi) is 4.69. The molecule has 5 rings (SSSR count). The first-order valence-corrected chi connectivity index (χ1v) is 10.3. The minimum atomic E-state index is -0.0135. The summed E-state index contributed by atoms with van der Waals surface area (Å²) in [5, 5.41) is 3.26. The van der Waals surface area contributed by atoms with Gasteiger partial charge in [0.2, 0.25) is 6.79 Å². The predicted octanol–water partition coefficient (Wildman–Crippen LogP) is 3.38. The van der Waals surface area contributed by atoms with Crippen molar-refractivity contribution in [3.05, 3.63) is 59.7 Å². The number of fused-ring (bicyclic) bond motifs is 3. The third-order valence-electron chi connectivity index (χ3n) is 6.36. The zero-order valence-corrected chi connectivity index (χ0v) is 16.0. The molecule has 0 spiro atoms. The Morgan fingerprint density at radius 2 is 1.75 bits per heavy atom. The van der Waals surface area contributed by atoms with E-state index in [1.807, 2.05) is 12.1 Å². The third kappa shape index (κ3) is 3.47. The SMILES string of the molecule is O=C(NC1CC2CCC(C1)N2CCc1ccccc1)c1ccc2c(c1)OCO2. The number of nitrogens with zero attached hydrogens (tertiary/aromatic N) is 1. The molecule has 146 valence electrons. The number of carbonyl (C=O) groups excluding carboxylic acids is 1. The topological polar surface area (TPSA) is 50.8 Å². The summed E-state index contributed by atoms with van der Waals surface area (Å²) in [4.78, 5) is 15.4. The van der Waals surface area contributed by atoms with Gasteiger partial charge in [-0.05, 0) is 55.9 Å². The van der Waals surface area contributed by atoms with Crippen LogP contribution in [0.3, 0.4) is 0 Å². The molecule has 1 amide bonds. The maximum absolute atomic E-state index is 12.7. The number of ether oxygens (including phenoxy) is 2. The van der Waals surface area contributed by atoms with Crippen LogP contribution in [-0.2, 0) is 6.42 Å². The molecule has 2 bridgehead atoms. The molecule has 28 heavy (non-hydrogen) atoms. The van der Waals surface area contributed by atoms with Crippen molar-refractivity contribution in [3.63, 3.8) is 0 Å². The molecule has 1 N–H and O–H groups in total. The highest BCUT2D eigenvalue weighted by Crippen LogP contribution is 2.36. The van der Waals surface area contributed by atoms with Crippen LogP contribution in [0.5, 0.6) is 11.5 Å². The van der Waals surface area contributed by atoms with Gasteiger partial charge in [0.15, 0.2) is 11.5 Å². The Balaban J connectivity index is 1.18. The molecule has 0 aromatic heterocycles. The van der Waals surface area contributed by atoms with E-state index in [0.717, 1.165) is 25.8 Å². The van der Waals surface area contributed by atoms with Gasteiger partial charge in [-0.1, -0.05) is 30.3 Å². The summed E-state index contributed by atoms with van der Waals surface area (Å²) in [5.74, 6) is 1.35. The molecule has 0 radical (unpaired) electrons. The molecular formula is C23H26N2O3. The van der Waals surface area contributed by atoms with Gasteiger partial charge >= 0.3 is 0 Å². The van der Waals surface area contributed by atoms with E-state index in [-0.39, 0.29) is 18.7 Å². The van der Waals surface area contributed by atoms with Crippen molar-refractivity contribution in [1.82, 2.24) is 10.2 Å². The van der Waals surface area contributed by atoms with Crippen LogP contribution in [0.25, 0.3) is 0 Å². The molecule has 5 nitrogen and oxygen atoms in total. The van der Waals surface area contributed by atoms with Gasteiger partial charge < -0.3 is 14.8 Å². The van der Waals surface area contributed by atoms with Gasteiger partial charge in [0.25, 0.3) is 5.91 Å². The lowest BCUT2D eigenvalue weighted by atomic mass is 9.96. The fourth-order valence-corrected chi connectivity index (χ4v) is 4.97. The summed E-state index contributed by atoms with van der Waals surface area (Å²) >= 11 is 0. The molecular weight excluding hydrogens is 352 g/mol. The molecule has 2 atom stereocenters. The maximum Gasteiger partial charge on any atom is 0.251 e. The van der Waals surface area contributed by atoms with Crippen molar-refractivity contribution in [2.24, 2.45) is 0 Å². The lowest BCUT2D eigenvalue weighted by Crippen LogP contribution is -2.50. The largest absolute Gasteiger partial charge is 0.454 e. The van der Waals surface area contributed by atoms with Crippen LogP contribution in [0.4, 0.5) is 0 Å². The first-order valence-electron chi connectivity index (χ1n) is 10.3. The average molecular weight is 378 g/mol. The van der Waals surface area contributed by atoms with E-state index in [1.54, 1.807) is 6.07 Å². The van der Waals surface area contributed by atoms with E-state index in [9.17, 15) is 4.79 Å². The lowest BCUT2D eigenvalue weighted by Gasteiger charge is -2.39. The zero-order chi connectivity index (χ0) is 18.9. The van der Waals surface area contributed by atoms with Crippen LogP contribution in [0, 0.1) is 0 Å². The number of piperidine rings is 1. The van der Waals surface area contributed by atoms with Gasteiger partial charge in [0.1, 0.15) is 0 Å². The first kappa shape index (κ1) is 17.6. The number of hydrogen-bond acceptors (Lipinski definition) is 4. The molecule has 3 heterocycles. The van der Waals surface area contributed by atoms with Crippen molar-refractivity contribution < 1.29 is 14.3 Å². The summed E-state index contributed by atoms with van der Waals surface area (Å²) in [5.41, 5.74) is 2.04. The second-order valence-electron chi connectivity index (χ2n) is 8.07. The molecule has 2 saturated heterocycles. The highest BCUT2D eigenvalue weighted by atomic mass is 16.7. The summed E-state index contributed by atoms with van der Waals surface area (Å²) in [6.07, 6.45) is 5.68. The zero-order valence-electron chi connectivity index (χ0n) is 16.0. The predicted molar refractivity (Wildman–Crippen MR) is 107 cm³/mol. The molecule has 3 aliphatic rings. The summed E-state index contributed by atoms with van der Waals surface area (Å²) in [6.45, 7) is 1.34. The van der Waals surface area contributed by atoms with Crippen LogP contribution in [0.1, 0.15) is 41.6 Å². The third-order valence-corrected chi connectivity index (χ3v) is 6.36. The molecule has 3 aliphatic heterocycles. The molecule has 2 aromatic carbocycles. The number of amides is 1. The van der Waals surface area contributed by atoms with Gasteiger partial charge in [-0.15, -0.1) is 0 Å². The van der Waals surface area contributed by atoms with Crippen LogP contribution < -0.4 is 14.8 Å². The number of hydrogen-bond donors (Lipinski definition) is 1. The minimum Gasteiger partial charge on any atom is -0.454 e. The quantitative estimate of drug-likeness (QED) is 0.867. The van der Waals surface area contributed by atoms with E-state index in [2.05, 4.69) is 40.5 Å². The minimum absolute atomic E-state index is 0.0135. The summed E-state index contributed by atoms with van der Waals surface area (Å²) < 4.78 is 10.7. The van der Waals surface area contributed by atoms with Crippen LogP contribution >= 0.6 is 0 Å². The van der Waals surface area contributed by atoms with E-state index >= 15 is 0 Å². The Hall–Kier alpha value is -2.53. The van der Waals surface area contributed by atoms with E-state index in [0.29, 0.717) is 29.1 Å². The van der Waals surface area contributed by atoms with Gasteiger partial charge in [-0.3, -0.25) is 9.69 Å². The number of nitrogens with one attached hydrogen (secondary N) is 1. The number of carbonyl (C=O) groups is 1.